The van der Waals surface area contributed by atoms with Crippen LogP contribution in [0, 0.1) is 0 Å². The molecule has 0 radical (unpaired) electrons. The molecule has 1 heterocycles. The van der Waals surface area contributed by atoms with Crippen LogP contribution in [0.4, 0.5) is 0 Å². The SMILES string of the molecule is O=C(NC1(C(=O)O)CCCC1)c1cccc2c1OCO2. The molecule has 2 aliphatic rings. The molecule has 0 spiro atoms. The summed E-state index contributed by atoms with van der Waals surface area (Å²) in [6.45, 7) is 0.0731. The average Bonchev–Trinajstić information content (AvgIpc) is 3.06. The lowest BCUT2D eigenvalue weighted by molar-refractivity contribution is -0.144. The Morgan fingerprint density at radius 1 is 1.20 bits per heavy atom. The number of carboxylic acid groups (broad SMARTS) is 1. The third-order valence-electron chi connectivity index (χ3n) is 3.86. The first kappa shape index (κ1) is 12.8. The van der Waals surface area contributed by atoms with Gasteiger partial charge in [0.15, 0.2) is 11.5 Å². The van der Waals surface area contributed by atoms with E-state index in [1.807, 2.05) is 0 Å². The second-order valence-electron chi connectivity index (χ2n) is 5.09. The van der Waals surface area contributed by atoms with E-state index in [4.69, 9.17) is 9.47 Å². The summed E-state index contributed by atoms with van der Waals surface area (Å²) in [5.41, 5.74) is -0.841. The number of para-hydroxylation sites is 1. The number of ether oxygens (including phenoxy) is 2. The predicted molar refractivity (Wildman–Crippen MR) is 68.9 cm³/mol. The Balaban J connectivity index is 1.87. The Hall–Kier alpha value is -2.24. The minimum atomic E-state index is -1.15. The number of hydrogen-bond acceptors (Lipinski definition) is 4. The van der Waals surface area contributed by atoms with Crippen LogP contribution in [0.2, 0.25) is 0 Å². The Labute approximate surface area is 115 Å². The topological polar surface area (TPSA) is 84.9 Å². The fraction of sp³-hybridized carbons (Fsp3) is 0.429. The van der Waals surface area contributed by atoms with Gasteiger partial charge in [-0.05, 0) is 25.0 Å². The molecular formula is C14H15NO5. The second kappa shape index (κ2) is 4.70. The number of carbonyl (C=O) groups excluding carboxylic acids is 1. The number of carboxylic acids is 1. The van der Waals surface area contributed by atoms with Gasteiger partial charge in [-0.15, -0.1) is 0 Å². The van der Waals surface area contributed by atoms with Crippen LogP contribution < -0.4 is 14.8 Å². The van der Waals surface area contributed by atoms with Crippen LogP contribution >= 0.6 is 0 Å². The fourth-order valence-electron chi connectivity index (χ4n) is 2.76. The van der Waals surface area contributed by atoms with Gasteiger partial charge in [0.25, 0.3) is 5.91 Å². The first-order valence-corrected chi connectivity index (χ1v) is 6.57. The molecule has 1 fully saturated rings. The maximum Gasteiger partial charge on any atom is 0.329 e. The summed E-state index contributed by atoms with van der Waals surface area (Å²) in [5, 5.41) is 12.0. The van der Waals surface area contributed by atoms with E-state index in [9.17, 15) is 14.7 Å². The largest absolute Gasteiger partial charge is 0.480 e. The molecule has 6 nitrogen and oxygen atoms in total. The van der Waals surface area contributed by atoms with Crippen molar-refractivity contribution < 1.29 is 24.2 Å². The Morgan fingerprint density at radius 2 is 1.95 bits per heavy atom. The zero-order valence-electron chi connectivity index (χ0n) is 10.8. The number of carbonyl (C=O) groups is 2. The van der Waals surface area contributed by atoms with Crippen LogP contribution in [-0.4, -0.2) is 29.3 Å². The van der Waals surface area contributed by atoms with Crippen LogP contribution in [0.1, 0.15) is 36.0 Å². The third-order valence-corrected chi connectivity index (χ3v) is 3.86. The maximum atomic E-state index is 12.4. The number of amides is 1. The van der Waals surface area contributed by atoms with Gasteiger partial charge in [-0.25, -0.2) is 4.79 Å². The van der Waals surface area contributed by atoms with Gasteiger partial charge in [0.1, 0.15) is 5.54 Å². The van der Waals surface area contributed by atoms with E-state index in [0.717, 1.165) is 12.8 Å². The van der Waals surface area contributed by atoms with Crippen molar-refractivity contribution in [3.8, 4) is 11.5 Å². The van der Waals surface area contributed by atoms with Gasteiger partial charge in [0.05, 0.1) is 5.56 Å². The first-order valence-electron chi connectivity index (χ1n) is 6.57. The Bertz CT molecular complexity index is 563. The van der Waals surface area contributed by atoms with Crippen molar-refractivity contribution in [2.45, 2.75) is 31.2 Å². The molecule has 1 saturated carbocycles. The lowest BCUT2D eigenvalue weighted by Gasteiger charge is -2.25. The molecule has 1 aliphatic carbocycles. The quantitative estimate of drug-likeness (QED) is 0.875. The van der Waals surface area contributed by atoms with E-state index < -0.39 is 17.4 Å². The monoisotopic (exact) mass is 277 g/mol. The van der Waals surface area contributed by atoms with Crippen molar-refractivity contribution in [1.29, 1.82) is 0 Å². The summed E-state index contributed by atoms with van der Waals surface area (Å²) in [6.07, 6.45) is 2.53. The highest BCUT2D eigenvalue weighted by molar-refractivity contribution is 6.00. The molecule has 2 N–H and O–H groups in total. The molecule has 106 valence electrons. The smallest absolute Gasteiger partial charge is 0.329 e. The minimum Gasteiger partial charge on any atom is -0.480 e. The number of aliphatic carboxylic acids is 1. The highest BCUT2D eigenvalue weighted by Crippen LogP contribution is 2.36. The zero-order chi connectivity index (χ0) is 14.2. The van der Waals surface area contributed by atoms with Crippen LogP contribution in [0.25, 0.3) is 0 Å². The predicted octanol–water partition coefficient (Wildman–Crippen LogP) is 1.54. The molecule has 1 aromatic carbocycles. The van der Waals surface area contributed by atoms with Crippen LogP contribution in [0.3, 0.4) is 0 Å². The molecule has 20 heavy (non-hydrogen) atoms. The van der Waals surface area contributed by atoms with Crippen molar-refractivity contribution >= 4 is 11.9 Å². The molecular weight excluding hydrogens is 262 g/mol. The van der Waals surface area contributed by atoms with E-state index in [1.54, 1.807) is 18.2 Å². The second-order valence-corrected chi connectivity index (χ2v) is 5.09. The van der Waals surface area contributed by atoms with Crippen molar-refractivity contribution in [2.24, 2.45) is 0 Å². The van der Waals surface area contributed by atoms with E-state index in [0.29, 0.717) is 29.9 Å². The molecule has 0 bridgehead atoms. The van der Waals surface area contributed by atoms with Gasteiger partial charge in [-0.3, -0.25) is 4.79 Å². The summed E-state index contributed by atoms with van der Waals surface area (Å²) in [7, 11) is 0. The van der Waals surface area contributed by atoms with Crippen molar-refractivity contribution in [2.75, 3.05) is 6.79 Å². The molecule has 6 heteroatoms. The van der Waals surface area contributed by atoms with E-state index >= 15 is 0 Å². The third kappa shape index (κ3) is 1.97. The molecule has 0 saturated heterocycles. The van der Waals surface area contributed by atoms with Gasteiger partial charge in [0.2, 0.25) is 6.79 Å². The fourth-order valence-corrected chi connectivity index (χ4v) is 2.76. The van der Waals surface area contributed by atoms with Gasteiger partial charge in [0, 0.05) is 0 Å². The maximum absolute atomic E-state index is 12.4. The summed E-state index contributed by atoms with van der Waals surface area (Å²) in [5.74, 6) is -0.526. The Morgan fingerprint density at radius 3 is 2.65 bits per heavy atom. The molecule has 1 aromatic rings. The number of hydrogen-bond donors (Lipinski definition) is 2. The molecule has 0 unspecified atom stereocenters. The summed E-state index contributed by atoms with van der Waals surface area (Å²) >= 11 is 0. The van der Waals surface area contributed by atoms with Crippen molar-refractivity contribution in [3.63, 3.8) is 0 Å². The van der Waals surface area contributed by atoms with Gasteiger partial charge in [-0.2, -0.15) is 0 Å². The minimum absolute atomic E-state index is 0.0731. The van der Waals surface area contributed by atoms with E-state index in [-0.39, 0.29) is 6.79 Å². The molecule has 1 aliphatic heterocycles. The molecule has 0 atom stereocenters. The number of fused-ring (bicyclic) bond motifs is 1. The first-order chi connectivity index (χ1) is 9.62. The normalized spacial score (nSPS) is 18.8. The van der Waals surface area contributed by atoms with Crippen LogP contribution in [0.15, 0.2) is 18.2 Å². The summed E-state index contributed by atoms with van der Waals surface area (Å²) in [6, 6.07) is 5.00. The van der Waals surface area contributed by atoms with Gasteiger partial charge in [-0.1, -0.05) is 18.9 Å². The lowest BCUT2D eigenvalue weighted by atomic mass is 9.97. The average molecular weight is 277 g/mol. The standard InChI is InChI=1S/C14H15NO5/c16-12(15-14(13(17)18)6-1-2-7-14)9-4-3-5-10-11(9)20-8-19-10/h3-5H,1-2,6-8H2,(H,15,16)(H,17,18). The molecule has 0 aromatic heterocycles. The molecule has 1 amide bonds. The van der Waals surface area contributed by atoms with Crippen LogP contribution in [-0.2, 0) is 4.79 Å². The van der Waals surface area contributed by atoms with Gasteiger partial charge >= 0.3 is 5.97 Å². The van der Waals surface area contributed by atoms with Crippen LogP contribution in [0.5, 0.6) is 11.5 Å². The molecule has 3 rings (SSSR count). The number of rotatable bonds is 3. The van der Waals surface area contributed by atoms with Crippen molar-refractivity contribution in [3.05, 3.63) is 23.8 Å². The Kier molecular flexibility index (Phi) is 3.00. The summed E-state index contributed by atoms with van der Waals surface area (Å²) < 4.78 is 10.5. The van der Waals surface area contributed by atoms with E-state index in [1.165, 1.54) is 0 Å². The highest BCUT2D eigenvalue weighted by Gasteiger charge is 2.43. The van der Waals surface area contributed by atoms with Gasteiger partial charge < -0.3 is 19.9 Å². The number of nitrogens with one attached hydrogen (secondary N) is 1. The van der Waals surface area contributed by atoms with E-state index in [2.05, 4.69) is 5.32 Å². The zero-order valence-corrected chi connectivity index (χ0v) is 10.8. The number of benzene rings is 1. The lowest BCUT2D eigenvalue weighted by Crippen LogP contribution is -2.52. The summed E-state index contributed by atoms with van der Waals surface area (Å²) in [4.78, 5) is 23.8. The van der Waals surface area contributed by atoms with Crippen molar-refractivity contribution in [1.82, 2.24) is 5.32 Å². The highest BCUT2D eigenvalue weighted by atomic mass is 16.7.